The lowest BCUT2D eigenvalue weighted by molar-refractivity contribution is -0.122. The molecule has 35 heavy (non-hydrogen) atoms. The number of carbonyl (C=O) groups is 1. The van der Waals surface area contributed by atoms with Crippen molar-refractivity contribution in [2.24, 2.45) is 0 Å². The van der Waals surface area contributed by atoms with Crippen molar-refractivity contribution < 1.29 is 26.4 Å². The van der Waals surface area contributed by atoms with E-state index in [0.29, 0.717) is 11.4 Å². The Bertz CT molecular complexity index is 1460. The van der Waals surface area contributed by atoms with Gasteiger partial charge in [0, 0.05) is 5.69 Å². The molecule has 184 valence electrons. The number of rotatable bonds is 7. The summed E-state index contributed by atoms with van der Waals surface area (Å²) in [7, 11) is -7.54. The Labute approximate surface area is 208 Å². The Morgan fingerprint density at radius 3 is 2.34 bits per heavy atom. The fraction of sp³-hybridized carbons (Fsp3) is 0.174. The van der Waals surface area contributed by atoms with Crippen molar-refractivity contribution in [2.75, 3.05) is 26.6 Å². The van der Waals surface area contributed by atoms with Gasteiger partial charge in [-0.3, -0.25) is 13.8 Å². The fourth-order valence-electron chi connectivity index (χ4n) is 3.45. The van der Waals surface area contributed by atoms with Crippen molar-refractivity contribution in [3.05, 3.63) is 77.8 Å². The van der Waals surface area contributed by atoms with Crippen LogP contribution in [0, 0.1) is 0 Å². The van der Waals surface area contributed by atoms with Crippen molar-refractivity contribution in [3.8, 4) is 5.75 Å². The number of nitrogens with one attached hydrogen (secondary N) is 2. The van der Waals surface area contributed by atoms with Crippen molar-refractivity contribution in [1.29, 1.82) is 0 Å². The minimum Gasteiger partial charge on any atom is -0.476 e. The smallest absolute Gasteiger partial charge is 0.267 e. The molecule has 1 amide bonds. The standard InChI is InChI=1S/C23H22ClN3O6S2/c1-2-34(29,30)27-15-22(33-21-10-6-5-9-20(21)27)23(28)25-16-11-13-17(14-12-16)35(31,32)26-19-8-4-3-7-18(19)24/h3-14,22,26H,2,15H2,1H3,(H,25,28)/t22-/m0/s1. The summed E-state index contributed by atoms with van der Waals surface area (Å²) in [5.41, 5.74) is 0.936. The molecule has 0 unspecified atom stereocenters. The average Bonchev–Trinajstić information content (AvgIpc) is 2.85. The molecule has 1 atom stereocenters. The molecule has 1 heterocycles. The number of nitrogens with zero attached hydrogens (tertiary/aromatic N) is 1. The van der Waals surface area contributed by atoms with E-state index in [4.69, 9.17) is 16.3 Å². The first-order valence-corrected chi connectivity index (χ1v) is 14.0. The maximum atomic E-state index is 12.9. The maximum absolute atomic E-state index is 12.9. The predicted octanol–water partition coefficient (Wildman–Crippen LogP) is 3.70. The number of ether oxygens (including phenoxy) is 1. The van der Waals surface area contributed by atoms with Gasteiger partial charge in [0.25, 0.3) is 15.9 Å². The molecule has 4 rings (SSSR count). The third-order valence-electron chi connectivity index (χ3n) is 5.28. The number of amides is 1. The SMILES string of the molecule is CCS(=O)(=O)N1C[C@@H](C(=O)Nc2ccc(S(=O)(=O)Nc3ccccc3Cl)cc2)Oc2ccccc21. The van der Waals surface area contributed by atoms with Gasteiger partial charge in [0.2, 0.25) is 10.0 Å². The molecule has 1 aliphatic rings. The largest absolute Gasteiger partial charge is 0.476 e. The number of fused-ring (bicyclic) bond motifs is 1. The highest BCUT2D eigenvalue weighted by molar-refractivity contribution is 7.93. The van der Waals surface area contributed by atoms with Gasteiger partial charge >= 0.3 is 0 Å². The van der Waals surface area contributed by atoms with Gasteiger partial charge in [-0.1, -0.05) is 35.9 Å². The summed E-state index contributed by atoms with van der Waals surface area (Å²) in [5, 5.41) is 2.91. The van der Waals surface area contributed by atoms with Gasteiger partial charge < -0.3 is 10.1 Å². The second kappa shape index (κ2) is 9.76. The summed E-state index contributed by atoms with van der Waals surface area (Å²) in [4.78, 5) is 12.9. The van der Waals surface area contributed by atoms with Crippen molar-refractivity contribution in [2.45, 2.75) is 17.9 Å². The first-order chi connectivity index (χ1) is 16.6. The summed E-state index contributed by atoms with van der Waals surface area (Å²) in [6.07, 6.45) is -1.10. The van der Waals surface area contributed by atoms with Gasteiger partial charge in [-0.05, 0) is 55.5 Å². The Morgan fingerprint density at radius 1 is 1.00 bits per heavy atom. The molecule has 12 heteroatoms. The van der Waals surface area contributed by atoms with Gasteiger partial charge in [0.05, 0.1) is 33.6 Å². The van der Waals surface area contributed by atoms with Gasteiger partial charge in [0.1, 0.15) is 5.75 Å². The van der Waals surface area contributed by atoms with E-state index in [2.05, 4.69) is 10.0 Å². The number of hydrogen-bond donors (Lipinski definition) is 2. The van der Waals surface area contributed by atoms with Crippen LogP contribution in [0.15, 0.2) is 77.7 Å². The molecule has 0 aromatic heterocycles. The molecule has 1 aliphatic heterocycles. The van der Waals surface area contributed by atoms with Crippen LogP contribution in [0.5, 0.6) is 5.75 Å². The molecule has 0 saturated heterocycles. The van der Waals surface area contributed by atoms with E-state index in [0.717, 1.165) is 0 Å². The first-order valence-electron chi connectivity index (χ1n) is 10.5. The second-order valence-electron chi connectivity index (χ2n) is 7.60. The molecule has 0 saturated carbocycles. The highest BCUT2D eigenvalue weighted by Crippen LogP contribution is 2.35. The van der Waals surface area contributed by atoms with Crippen LogP contribution in [0.25, 0.3) is 0 Å². The van der Waals surface area contributed by atoms with Crippen molar-refractivity contribution in [1.82, 2.24) is 0 Å². The molecular weight excluding hydrogens is 514 g/mol. The Kier molecular flexibility index (Phi) is 6.93. The van der Waals surface area contributed by atoms with E-state index in [9.17, 15) is 21.6 Å². The Hall–Kier alpha value is -3.28. The Morgan fingerprint density at radius 2 is 1.66 bits per heavy atom. The summed E-state index contributed by atoms with van der Waals surface area (Å²) in [6.45, 7) is 1.34. The molecular formula is C23H22ClN3O6S2. The molecule has 0 radical (unpaired) electrons. The van der Waals surface area contributed by atoms with Gasteiger partial charge in [-0.25, -0.2) is 16.8 Å². The predicted molar refractivity (Wildman–Crippen MR) is 135 cm³/mol. The van der Waals surface area contributed by atoms with Crippen LogP contribution < -0.4 is 19.1 Å². The molecule has 2 N–H and O–H groups in total. The van der Waals surface area contributed by atoms with Crippen LogP contribution in [0.4, 0.5) is 17.1 Å². The summed E-state index contributed by atoms with van der Waals surface area (Å²) < 4.78 is 59.9. The zero-order valence-electron chi connectivity index (χ0n) is 18.5. The number of sulfonamides is 2. The third-order valence-corrected chi connectivity index (χ3v) is 8.74. The van der Waals surface area contributed by atoms with Crippen LogP contribution in [0.2, 0.25) is 5.02 Å². The van der Waals surface area contributed by atoms with Crippen LogP contribution >= 0.6 is 11.6 Å². The topological polar surface area (TPSA) is 122 Å². The minimum absolute atomic E-state index is 0.0292. The maximum Gasteiger partial charge on any atom is 0.267 e. The summed E-state index contributed by atoms with van der Waals surface area (Å²) in [6, 6.07) is 18.6. The van der Waals surface area contributed by atoms with Gasteiger partial charge in [0.15, 0.2) is 6.10 Å². The number of anilines is 3. The second-order valence-corrected chi connectivity index (χ2v) is 11.9. The average molecular weight is 536 g/mol. The lowest BCUT2D eigenvalue weighted by atomic mass is 10.2. The lowest BCUT2D eigenvalue weighted by Gasteiger charge is -2.34. The summed E-state index contributed by atoms with van der Waals surface area (Å²) in [5.74, 6) is -0.419. The van der Waals surface area contributed by atoms with Crippen LogP contribution in [-0.2, 0) is 24.8 Å². The Balaban J connectivity index is 1.49. The first kappa shape index (κ1) is 24.8. The van der Waals surface area contributed by atoms with E-state index in [1.807, 2.05) is 0 Å². The number of hydrogen-bond acceptors (Lipinski definition) is 6. The van der Waals surface area contributed by atoms with Gasteiger partial charge in [-0.2, -0.15) is 0 Å². The highest BCUT2D eigenvalue weighted by atomic mass is 35.5. The number of carbonyl (C=O) groups excluding carboxylic acids is 1. The van der Waals surface area contributed by atoms with Crippen LogP contribution in [0.1, 0.15) is 6.92 Å². The highest BCUT2D eigenvalue weighted by Gasteiger charge is 2.36. The summed E-state index contributed by atoms with van der Waals surface area (Å²) >= 11 is 6.03. The van der Waals surface area contributed by atoms with E-state index in [1.54, 1.807) is 48.5 Å². The quantitative estimate of drug-likeness (QED) is 0.476. The van der Waals surface area contributed by atoms with E-state index in [1.165, 1.54) is 35.5 Å². The van der Waals surface area contributed by atoms with E-state index < -0.39 is 32.1 Å². The van der Waals surface area contributed by atoms with Gasteiger partial charge in [-0.15, -0.1) is 0 Å². The molecule has 3 aromatic carbocycles. The van der Waals surface area contributed by atoms with E-state index >= 15 is 0 Å². The minimum atomic E-state index is -3.91. The zero-order chi connectivity index (χ0) is 25.2. The van der Waals surface area contributed by atoms with Crippen LogP contribution in [0.3, 0.4) is 0 Å². The third kappa shape index (κ3) is 5.37. The molecule has 0 bridgehead atoms. The molecule has 0 fully saturated rings. The molecule has 0 aliphatic carbocycles. The molecule has 3 aromatic rings. The van der Waals surface area contributed by atoms with E-state index in [-0.39, 0.29) is 33.7 Å². The number of benzene rings is 3. The van der Waals surface area contributed by atoms with Crippen LogP contribution in [-0.4, -0.2) is 41.1 Å². The molecule has 9 nitrogen and oxygen atoms in total. The molecule has 0 spiro atoms. The fourth-order valence-corrected chi connectivity index (χ4v) is 5.89. The lowest BCUT2D eigenvalue weighted by Crippen LogP contribution is -2.49. The van der Waals surface area contributed by atoms with Crippen molar-refractivity contribution >= 4 is 54.6 Å². The van der Waals surface area contributed by atoms with Crippen molar-refractivity contribution in [3.63, 3.8) is 0 Å². The number of halogens is 1. The monoisotopic (exact) mass is 535 g/mol. The number of para-hydroxylation sites is 3. The normalized spacial score (nSPS) is 15.6. The zero-order valence-corrected chi connectivity index (χ0v) is 20.9.